The van der Waals surface area contributed by atoms with E-state index >= 15 is 0 Å². The molecule has 1 saturated heterocycles. The van der Waals surface area contributed by atoms with Crippen LogP contribution in [0.15, 0.2) is 48.5 Å². The molecule has 8 heteroatoms. The van der Waals surface area contributed by atoms with E-state index in [0.29, 0.717) is 18.9 Å². The Morgan fingerprint density at radius 3 is 2.34 bits per heavy atom. The van der Waals surface area contributed by atoms with Crippen molar-refractivity contribution >= 4 is 18.0 Å². The fourth-order valence-electron chi connectivity index (χ4n) is 5.07. The molecule has 2 N–H and O–H groups in total. The number of hydrogen-bond acceptors (Lipinski definition) is 5. The van der Waals surface area contributed by atoms with E-state index < -0.39 is 24.0 Å². The SMILES string of the molecule is O=C(N[C@@H](CC1CC1)C(=O)N1CCOCC(C(=O)O)C1)OCC1c2ccccc2-c2ccccc21. The number of carbonyl (C=O) groups excluding carboxylic acids is 2. The van der Waals surface area contributed by atoms with Crippen molar-refractivity contribution in [2.75, 3.05) is 32.9 Å². The second-order valence-electron chi connectivity index (χ2n) is 9.60. The van der Waals surface area contributed by atoms with Gasteiger partial charge in [0.15, 0.2) is 0 Å². The van der Waals surface area contributed by atoms with Gasteiger partial charge in [0.1, 0.15) is 12.6 Å². The maximum Gasteiger partial charge on any atom is 0.407 e. The first-order valence-corrected chi connectivity index (χ1v) is 12.2. The summed E-state index contributed by atoms with van der Waals surface area (Å²) >= 11 is 0. The molecular weight excluding hydrogens is 448 g/mol. The summed E-state index contributed by atoms with van der Waals surface area (Å²) in [4.78, 5) is 39.1. The largest absolute Gasteiger partial charge is 0.481 e. The highest BCUT2D eigenvalue weighted by atomic mass is 16.5. The number of carboxylic acid groups (broad SMARTS) is 1. The maximum atomic E-state index is 13.3. The van der Waals surface area contributed by atoms with Crippen LogP contribution in [0.3, 0.4) is 0 Å². The first-order valence-electron chi connectivity index (χ1n) is 12.2. The summed E-state index contributed by atoms with van der Waals surface area (Å²) < 4.78 is 11.0. The molecule has 2 aromatic rings. The van der Waals surface area contributed by atoms with E-state index in [4.69, 9.17) is 9.47 Å². The maximum absolute atomic E-state index is 13.3. The number of amides is 2. The van der Waals surface area contributed by atoms with Crippen LogP contribution in [-0.2, 0) is 19.1 Å². The standard InChI is InChI=1S/C27H30N2O6/c30-25(29-11-12-34-15-18(14-29)26(31)32)24(13-17-9-10-17)28-27(33)35-16-23-21-7-3-1-5-19(21)20-6-2-4-8-22(20)23/h1-8,17-18,23-24H,9-16H2,(H,28,33)(H,31,32)/t18?,24-/m0/s1. The predicted molar refractivity (Wildman–Crippen MR) is 128 cm³/mol. The summed E-state index contributed by atoms with van der Waals surface area (Å²) in [6, 6.07) is 15.5. The van der Waals surface area contributed by atoms with Gasteiger partial charge in [0.25, 0.3) is 0 Å². The Labute approximate surface area is 204 Å². The molecular formula is C27H30N2O6. The lowest BCUT2D eigenvalue weighted by Crippen LogP contribution is -2.51. The summed E-state index contributed by atoms with van der Waals surface area (Å²) in [5.74, 6) is -1.73. The van der Waals surface area contributed by atoms with Gasteiger partial charge >= 0.3 is 12.1 Å². The summed E-state index contributed by atoms with van der Waals surface area (Å²) in [6.07, 6.45) is 1.94. The number of rotatable bonds is 7. The number of nitrogens with one attached hydrogen (secondary N) is 1. The molecule has 3 aliphatic rings. The Kier molecular flexibility index (Phi) is 6.72. The topological polar surface area (TPSA) is 105 Å². The van der Waals surface area contributed by atoms with Gasteiger partial charge < -0.3 is 24.8 Å². The number of ether oxygens (including phenoxy) is 2. The van der Waals surface area contributed by atoms with Crippen molar-refractivity contribution < 1.29 is 29.0 Å². The second kappa shape index (κ2) is 10.1. The third kappa shape index (κ3) is 5.17. The lowest BCUT2D eigenvalue weighted by Gasteiger charge is -2.27. The third-order valence-corrected chi connectivity index (χ3v) is 7.13. The second-order valence-corrected chi connectivity index (χ2v) is 9.60. The molecule has 1 aliphatic heterocycles. The molecule has 35 heavy (non-hydrogen) atoms. The number of fused-ring (bicyclic) bond motifs is 3. The van der Waals surface area contributed by atoms with Crippen molar-refractivity contribution in [2.45, 2.75) is 31.2 Å². The molecule has 0 radical (unpaired) electrons. The molecule has 2 aromatic carbocycles. The lowest BCUT2D eigenvalue weighted by atomic mass is 9.98. The quantitative estimate of drug-likeness (QED) is 0.633. The van der Waals surface area contributed by atoms with Crippen molar-refractivity contribution in [1.29, 1.82) is 0 Å². The molecule has 8 nitrogen and oxygen atoms in total. The van der Waals surface area contributed by atoms with Crippen LogP contribution in [0.4, 0.5) is 4.79 Å². The number of aliphatic carboxylic acids is 1. The molecule has 2 fully saturated rings. The van der Waals surface area contributed by atoms with Gasteiger partial charge in [-0.05, 0) is 34.6 Å². The van der Waals surface area contributed by atoms with Gasteiger partial charge in [0.2, 0.25) is 5.91 Å². The average Bonchev–Trinajstić information content (AvgIpc) is 3.66. The molecule has 5 rings (SSSR count). The normalized spacial score (nSPS) is 20.3. The number of carboxylic acids is 1. The van der Waals surface area contributed by atoms with E-state index in [-0.39, 0.29) is 38.2 Å². The Morgan fingerprint density at radius 1 is 1.06 bits per heavy atom. The summed E-state index contributed by atoms with van der Waals surface area (Å²) in [5, 5.41) is 12.2. The van der Waals surface area contributed by atoms with Crippen molar-refractivity contribution in [3.63, 3.8) is 0 Å². The fourth-order valence-corrected chi connectivity index (χ4v) is 5.07. The average molecular weight is 479 g/mol. The highest BCUT2D eigenvalue weighted by Crippen LogP contribution is 2.44. The van der Waals surface area contributed by atoms with Gasteiger partial charge in [-0.3, -0.25) is 9.59 Å². The highest BCUT2D eigenvalue weighted by Gasteiger charge is 2.36. The zero-order valence-corrected chi connectivity index (χ0v) is 19.5. The minimum Gasteiger partial charge on any atom is -0.481 e. The van der Waals surface area contributed by atoms with Crippen LogP contribution in [0, 0.1) is 11.8 Å². The van der Waals surface area contributed by atoms with Gasteiger partial charge in [0.05, 0.1) is 19.1 Å². The number of nitrogens with zero attached hydrogens (tertiary/aromatic N) is 1. The Hall–Kier alpha value is -3.39. The molecule has 2 aliphatic carbocycles. The first-order chi connectivity index (χ1) is 17.0. The number of hydrogen-bond donors (Lipinski definition) is 2. The van der Waals surface area contributed by atoms with E-state index in [1.165, 1.54) is 4.90 Å². The Balaban J connectivity index is 1.25. The smallest absolute Gasteiger partial charge is 0.407 e. The monoisotopic (exact) mass is 478 g/mol. The molecule has 184 valence electrons. The first kappa shape index (κ1) is 23.4. The number of alkyl carbamates (subject to hydrolysis) is 1. The van der Waals surface area contributed by atoms with Crippen LogP contribution in [0.25, 0.3) is 11.1 Å². The predicted octanol–water partition coefficient (Wildman–Crippen LogP) is 3.25. The molecule has 2 atom stereocenters. The molecule has 0 bridgehead atoms. The summed E-state index contributed by atoms with van der Waals surface area (Å²) in [7, 11) is 0. The Bertz CT molecular complexity index is 1070. The van der Waals surface area contributed by atoms with Gasteiger partial charge in [0, 0.05) is 19.0 Å². The Morgan fingerprint density at radius 2 is 1.71 bits per heavy atom. The van der Waals surface area contributed by atoms with E-state index in [1.807, 2.05) is 24.3 Å². The van der Waals surface area contributed by atoms with Crippen LogP contribution in [0.5, 0.6) is 0 Å². The third-order valence-electron chi connectivity index (χ3n) is 7.13. The van der Waals surface area contributed by atoms with Crippen molar-refractivity contribution in [3.8, 4) is 11.1 Å². The lowest BCUT2D eigenvalue weighted by molar-refractivity contribution is -0.144. The molecule has 1 unspecified atom stereocenters. The summed E-state index contributed by atoms with van der Waals surface area (Å²) in [5.41, 5.74) is 4.54. The zero-order valence-electron chi connectivity index (χ0n) is 19.5. The minimum atomic E-state index is -0.993. The van der Waals surface area contributed by atoms with E-state index in [0.717, 1.165) is 35.1 Å². The highest BCUT2D eigenvalue weighted by molar-refractivity contribution is 5.86. The van der Waals surface area contributed by atoms with Gasteiger partial charge in [-0.2, -0.15) is 0 Å². The minimum absolute atomic E-state index is 0.0650. The van der Waals surface area contributed by atoms with Crippen LogP contribution in [0.2, 0.25) is 0 Å². The van der Waals surface area contributed by atoms with Crippen LogP contribution in [0.1, 0.15) is 36.3 Å². The van der Waals surface area contributed by atoms with Crippen LogP contribution >= 0.6 is 0 Å². The van der Waals surface area contributed by atoms with E-state index in [9.17, 15) is 19.5 Å². The molecule has 1 heterocycles. The van der Waals surface area contributed by atoms with E-state index in [1.54, 1.807) is 0 Å². The van der Waals surface area contributed by atoms with Crippen LogP contribution in [-0.4, -0.2) is 66.9 Å². The van der Waals surface area contributed by atoms with Crippen molar-refractivity contribution in [3.05, 3.63) is 59.7 Å². The number of benzene rings is 2. The van der Waals surface area contributed by atoms with Gasteiger partial charge in [-0.15, -0.1) is 0 Å². The molecule has 2 amide bonds. The van der Waals surface area contributed by atoms with Crippen molar-refractivity contribution in [2.24, 2.45) is 11.8 Å². The van der Waals surface area contributed by atoms with Gasteiger partial charge in [-0.1, -0.05) is 61.4 Å². The number of carbonyl (C=O) groups is 3. The van der Waals surface area contributed by atoms with E-state index in [2.05, 4.69) is 29.6 Å². The molecule has 1 saturated carbocycles. The molecule has 0 aromatic heterocycles. The summed E-state index contributed by atoms with van der Waals surface area (Å²) in [6.45, 7) is 0.892. The van der Waals surface area contributed by atoms with Crippen LogP contribution < -0.4 is 5.32 Å². The zero-order chi connectivity index (χ0) is 24.4. The van der Waals surface area contributed by atoms with Crippen molar-refractivity contribution in [1.82, 2.24) is 10.2 Å². The molecule has 0 spiro atoms. The van der Waals surface area contributed by atoms with Gasteiger partial charge in [-0.25, -0.2) is 4.79 Å². The fraction of sp³-hybridized carbons (Fsp3) is 0.444.